The van der Waals surface area contributed by atoms with Crippen LogP contribution in [-0.4, -0.2) is 5.54 Å². The predicted octanol–water partition coefficient (Wildman–Crippen LogP) is 5.45. The van der Waals surface area contributed by atoms with Gasteiger partial charge < -0.3 is 4.42 Å². The Balaban J connectivity index is 2.32. The summed E-state index contributed by atoms with van der Waals surface area (Å²) in [5.41, 5.74) is 1.39. The van der Waals surface area contributed by atoms with Crippen molar-refractivity contribution in [3.8, 4) is 11.3 Å². The van der Waals surface area contributed by atoms with Crippen LogP contribution in [0.25, 0.3) is 22.1 Å². The van der Waals surface area contributed by atoms with Crippen LogP contribution in [0.2, 0.25) is 5.02 Å². The first kappa shape index (κ1) is 14.9. The Bertz CT molecular complexity index is 888. The molecular formula is C19H18ClNO. The highest BCUT2D eigenvalue weighted by Crippen LogP contribution is 2.24. The van der Waals surface area contributed by atoms with Gasteiger partial charge in [0.1, 0.15) is 5.76 Å². The number of benzene rings is 2. The van der Waals surface area contributed by atoms with E-state index < -0.39 is 0 Å². The topological polar surface area (TPSA) is 25.5 Å². The fourth-order valence-electron chi connectivity index (χ4n) is 2.32. The summed E-state index contributed by atoms with van der Waals surface area (Å²) in [5, 5.41) is 2.81. The van der Waals surface area contributed by atoms with Gasteiger partial charge in [-0.15, -0.1) is 0 Å². The summed E-state index contributed by atoms with van der Waals surface area (Å²) in [5.74, 6) is 0.768. The van der Waals surface area contributed by atoms with Crippen molar-refractivity contribution in [2.24, 2.45) is 4.99 Å². The van der Waals surface area contributed by atoms with E-state index in [-0.39, 0.29) is 5.54 Å². The first-order valence-electron chi connectivity index (χ1n) is 7.27. The minimum absolute atomic E-state index is 0.209. The molecule has 0 saturated carbocycles. The molecule has 0 unspecified atom stereocenters. The molecule has 3 aromatic rings. The maximum Gasteiger partial charge on any atom is 0.223 e. The smallest absolute Gasteiger partial charge is 0.223 e. The van der Waals surface area contributed by atoms with E-state index in [9.17, 15) is 0 Å². The average Bonchev–Trinajstić information content (AvgIpc) is 2.45. The third-order valence-corrected chi connectivity index (χ3v) is 3.47. The summed E-state index contributed by atoms with van der Waals surface area (Å²) in [6, 6.07) is 17.8. The molecule has 0 amide bonds. The third-order valence-electron chi connectivity index (χ3n) is 3.23. The molecule has 1 heterocycles. The van der Waals surface area contributed by atoms with Gasteiger partial charge in [0.15, 0.2) is 0 Å². The Kier molecular flexibility index (Phi) is 3.79. The molecule has 0 aliphatic heterocycles. The zero-order valence-electron chi connectivity index (χ0n) is 12.9. The molecule has 0 atom stereocenters. The van der Waals surface area contributed by atoms with E-state index in [1.807, 2.05) is 48.5 Å². The van der Waals surface area contributed by atoms with Crippen molar-refractivity contribution in [1.29, 1.82) is 0 Å². The molecule has 0 radical (unpaired) electrons. The van der Waals surface area contributed by atoms with Crippen molar-refractivity contribution in [2.45, 2.75) is 26.3 Å². The summed E-state index contributed by atoms with van der Waals surface area (Å²) in [7, 11) is 0. The lowest BCUT2D eigenvalue weighted by Gasteiger charge is -2.12. The zero-order valence-corrected chi connectivity index (χ0v) is 13.7. The summed E-state index contributed by atoms with van der Waals surface area (Å²) >= 11 is 6.09. The van der Waals surface area contributed by atoms with Crippen molar-refractivity contribution in [3.05, 3.63) is 65.2 Å². The number of hydrogen-bond donors (Lipinski definition) is 0. The molecule has 3 rings (SSSR count). The van der Waals surface area contributed by atoms with Crippen LogP contribution in [0, 0.1) is 0 Å². The van der Waals surface area contributed by atoms with E-state index in [4.69, 9.17) is 21.0 Å². The molecule has 0 N–H and O–H groups in total. The van der Waals surface area contributed by atoms with Crippen LogP contribution in [0.4, 0.5) is 0 Å². The van der Waals surface area contributed by atoms with E-state index >= 15 is 0 Å². The quantitative estimate of drug-likeness (QED) is 0.586. The fourth-order valence-corrected chi connectivity index (χ4v) is 2.51. The second-order valence-corrected chi connectivity index (χ2v) is 6.73. The van der Waals surface area contributed by atoms with Gasteiger partial charge in [0.2, 0.25) is 5.55 Å². The lowest BCUT2D eigenvalue weighted by atomic mass is 10.1. The van der Waals surface area contributed by atoms with Gasteiger partial charge in [0.25, 0.3) is 0 Å². The number of rotatable bonds is 1. The molecule has 0 saturated heterocycles. The summed E-state index contributed by atoms with van der Waals surface area (Å²) < 4.78 is 6.08. The number of hydrogen-bond acceptors (Lipinski definition) is 2. The predicted molar refractivity (Wildman–Crippen MR) is 92.0 cm³/mol. The average molecular weight is 312 g/mol. The van der Waals surface area contributed by atoms with Crippen LogP contribution in [0.3, 0.4) is 0 Å². The van der Waals surface area contributed by atoms with Gasteiger partial charge in [-0.2, -0.15) is 0 Å². The SMILES string of the molecule is CC(C)(C)N=c1oc(-c2cccc(Cl)c2)cc2ccccc12. The van der Waals surface area contributed by atoms with Crippen LogP contribution in [0.5, 0.6) is 0 Å². The molecule has 22 heavy (non-hydrogen) atoms. The monoisotopic (exact) mass is 311 g/mol. The molecule has 0 aliphatic carbocycles. The lowest BCUT2D eigenvalue weighted by molar-refractivity contribution is 0.466. The van der Waals surface area contributed by atoms with Crippen molar-refractivity contribution < 1.29 is 4.42 Å². The van der Waals surface area contributed by atoms with E-state index in [2.05, 4.69) is 26.8 Å². The molecule has 112 valence electrons. The molecular weight excluding hydrogens is 294 g/mol. The third kappa shape index (κ3) is 3.23. The van der Waals surface area contributed by atoms with E-state index in [1.54, 1.807) is 0 Å². The van der Waals surface area contributed by atoms with Gasteiger partial charge in [-0.1, -0.05) is 41.9 Å². The van der Waals surface area contributed by atoms with Crippen molar-refractivity contribution in [3.63, 3.8) is 0 Å². The normalized spacial score (nSPS) is 12.8. The van der Waals surface area contributed by atoms with Crippen molar-refractivity contribution in [2.75, 3.05) is 0 Å². The highest BCUT2D eigenvalue weighted by atomic mass is 35.5. The molecule has 0 bridgehead atoms. The standard InChI is InChI=1S/C19H18ClNO/c1-19(2,3)21-18-16-10-5-4-7-13(16)12-17(22-18)14-8-6-9-15(20)11-14/h4-12H,1-3H3. The van der Waals surface area contributed by atoms with Gasteiger partial charge in [-0.05, 0) is 50.4 Å². The molecule has 0 fully saturated rings. The van der Waals surface area contributed by atoms with Crippen LogP contribution < -0.4 is 5.55 Å². The number of nitrogens with zero attached hydrogens (tertiary/aromatic N) is 1. The molecule has 1 aromatic heterocycles. The largest absolute Gasteiger partial charge is 0.438 e. The maximum absolute atomic E-state index is 6.09. The minimum Gasteiger partial charge on any atom is -0.438 e. The Labute approximate surface area is 135 Å². The first-order valence-corrected chi connectivity index (χ1v) is 7.65. The van der Waals surface area contributed by atoms with Gasteiger partial charge >= 0.3 is 0 Å². The lowest BCUT2D eigenvalue weighted by Crippen LogP contribution is -2.17. The van der Waals surface area contributed by atoms with Gasteiger partial charge in [-0.3, -0.25) is 0 Å². The molecule has 3 heteroatoms. The minimum atomic E-state index is -0.209. The van der Waals surface area contributed by atoms with E-state index in [1.165, 1.54) is 0 Å². The summed E-state index contributed by atoms with van der Waals surface area (Å²) in [6.07, 6.45) is 0. The molecule has 0 spiro atoms. The Morgan fingerprint density at radius 1 is 0.955 bits per heavy atom. The Morgan fingerprint density at radius 2 is 1.73 bits per heavy atom. The first-order chi connectivity index (χ1) is 10.4. The van der Waals surface area contributed by atoms with Crippen LogP contribution in [0.1, 0.15) is 20.8 Å². The van der Waals surface area contributed by atoms with Gasteiger partial charge in [0.05, 0.1) is 5.54 Å². The zero-order chi connectivity index (χ0) is 15.7. The van der Waals surface area contributed by atoms with Crippen LogP contribution in [-0.2, 0) is 0 Å². The second kappa shape index (κ2) is 5.62. The number of halogens is 1. The van der Waals surface area contributed by atoms with Crippen LogP contribution >= 0.6 is 11.6 Å². The molecule has 0 aliphatic rings. The second-order valence-electron chi connectivity index (χ2n) is 6.30. The van der Waals surface area contributed by atoms with Crippen molar-refractivity contribution in [1.82, 2.24) is 0 Å². The highest BCUT2D eigenvalue weighted by molar-refractivity contribution is 6.30. The summed E-state index contributed by atoms with van der Waals surface area (Å²) in [6.45, 7) is 6.18. The summed E-state index contributed by atoms with van der Waals surface area (Å²) in [4.78, 5) is 4.73. The molecule has 2 aromatic carbocycles. The van der Waals surface area contributed by atoms with Crippen LogP contribution in [0.15, 0.2) is 64.0 Å². The van der Waals surface area contributed by atoms with Gasteiger partial charge in [0, 0.05) is 16.0 Å². The van der Waals surface area contributed by atoms with E-state index in [0.717, 1.165) is 22.1 Å². The number of fused-ring (bicyclic) bond motifs is 1. The van der Waals surface area contributed by atoms with Gasteiger partial charge in [-0.25, -0.2) is 4.99 Å². The molecule has 2 nitrogen and oxygen atoms in total. The fraction of sp³-hybridized carbons (Fsp3) is 0.211. The Hall–Kier alpha value is -2.06. The maximum atomic E-state index is 6.09. The highest BCUT2D eigenvalue weighted by Gasteiger charge is 2.10. The van der Waals surface area contributed by atoms with E-state index in [0.29, 0.717) is 10.6 Å². The van der Waals surface area contributed by atoms with Crippen molar-refractivity contribution >= 4 is 22.4 Å². The Morgan fingerprint density at radius 3 is 2.45 bits per heavy atom.